The Morgan fingerprint density at radius 1 is 1.33 bits per heavy atom. The van der Waals surface area contributed by atoms with Gasteiger partial charge in [-0.25, -0.2) is 4.39 Å². The zero-order valence-electron chi connectivity index (χ0n) is 6.44. The van der Waals surface area contributed by atoms with E-state index >= 15 is 0 Å². The highest BCUT2D eigenvalue weighted by Crippen LogP contribution is 2.12. The van der Waals surface area contributed by atoms with E-state index in [0.717, 1.165) is 0 Å². The molecule has 1 heterocycles. The Hall–Kier alpha value is -1.58. The molecule has 12 heavy (non-hydrogen) atoms. The van der Waals surface area contributed by atoms with Crippen LogP contribution in [0.2, 0.25) is 0 Å². The molecule has 0 spiro atoms. The number of hydrogen-bond acceptors (Lipinski definition) is 1. The first-order valence-electron chi connectivity index (χ1n) is 3.55. The Bertz CT molecular complexity index is 483. The van der Waals surface area contributed by atoms with E-state index in [9.17, 15) is 9.18 Å². The summed E-state index contributed by atoms with van der Waals surface area (Å²) in [5.41, 5.74) is 0.767. The highest BCUT2D eigenvalue weighted by molar-refractivity contribution is 5.78. The summed E-state index contributed by atoms with van der Waals surface area (Å²) in [6, 6.07) is 2.84. The van der Waals surface area contributed by atoms with Crippen molar-refractivity contribution in [2.75, 3.05) is 0 Å². The van der Waals surface area contributed by atoms with Crippen molar-refractivity contribution in [1.29, 1.82) is 0 Å². The van der Waals surface area contributed by atoms with E-state index < -0.39 is 0 Å². The van der Waals surface area contributed by atoms with Crippen molar-refractivity contribution in [1.82, 2.24) is 10.2 Å². The fourth-order valence-corrected chi connectivity index (χ4v) is 1.16. The van der Waals surface area contributed by atoms with E-state index in [0.29, 0.717) is 16.5 Å². The highest BCUT2D eigenvalue weighted by atomic mass is 19.1. The van der Waals surface area contributed by atoms with Gasteiger partial charge >= 0.3 is 0 Å². The van der Waals surface area contributed by atoms with Crippen molar-refractivity contribution in [2.24, 2.45) is 0 Å². The quantitative estimate of drug-likeness (QED) is 0.609. The molecule has 0 saturated carbocycles. The molecule has 0 aliphatic carbocycles. The van der Waals surface area contributed by atoms with Crippen LogP contribution in [0.5, 0.6) is 0 Å². The monoisotopic (exact) mass is 166 g/mol. The summed E-state index contributed by atoms with van der Waals surface area (Å²) in [5, 5.41) is 5.46. The number of benzene rings is 1. The molecule has 62 valence electrons. The molecule has 0 fully saturated rings. The molecule has 0 radical (unpaired) electrons. The van der Waals surface area contributed by atoms with Gasteiger partial charge in [-0.1, -0.05) is 0 Å². The topological polar surface area (TPSA) is 48.6 Å². The van der Waals surface area contributed by atoms with Gasteiger partial charge < -0.3 is 0 Å². The lowest BCUT2D eigenvalue weighted by Crippen LogP contribution is -1.97. The SMILES string of the molecule is Cc1cc2c(=O)[nH][nH]c2cc1F. The van der Waals surface area contributed by atoms with Crippen molar-refractivity contribution in [3.63, 3.8) is 0 Å². The first-order chi connectivity index (χ1) is 5.68. The third-order valence-electron chi connectivity index (χ3n) is 1.85. The summed E-state index contributed by atoms with van der Waals surface area (Å²) in [6.45, 7) is 1.63. The maximum atomic E-state index is 12.9. The summed E-state index contributed by atoms with van der Waals surface area (Å²) >= 11 is 0. The number of fused-ring (bicyclic) bond motifs is 1. The largest absolute Gasteiger partial charge is 0.297 e. The Labute approximate surface area is 67.2 Å². The van der Waals surface area contributed by atoms with Gasteiger partial charge in [-0.3, -0.25) is 15.0 Å². The molecular formula is C8H7FN2O. The molecular weight excluding hydrogens is 159 g/mol. The Morgan fingerprint density at radius 3 is 2.83 bits per heavy atom. The Morgan fingerprint density at radius 2 is 2.08 bits per heavy atom. The normalized spacial score (nSPS) is 10.8. The number of H-pyrrole nitrogens is 2. The van der Waals surface area contributed by atoms with E-state index in [1.807, 2.05) is 0 Å². The minimum atomic E-state index is -0.308. The second-order valence-electron chi connectivity index (χ2n) is 2.73. The lowest BCUT2D eigenvalue weighted by Gasteiger charge is -1.93. The number of aryl methyl sites for hydroxylation is 1. The maximum Gasteiger partial charge on any atom is 0.271 e. The summed E-state index contributed by atoms with van der Waals surface area (Å²) in [6.07, 6.45) is 0. The van der Waals surface area contributed by atoms with Crippen molar-refractivity contribution < 1.29 is 4.39 Å². The molecule has 1 aromatic heterocycles. The van der Waals surface area contributed by atoms with Crippen LogP contribution >= 0.6 is 0 Å². The van der Waals surface area contributed by atoms with Crippen molar-refractivity contribution in [2.45, 2.75) is 6.92 Å². The Balaban J connectivity index is 2.97. The molecule has 2 aromatic rings. The predicted molar refractivity (Wildman–Crippen MR) is 43.6 cm³/mol. The van der Waals surface area contributed by atoms with Gasteiger partial charge in [0.2, 0.25) is 0 Å². The number of hydrogen-bond donors (Lipinski definition) is 2. The number of halogens is 1. The van der Waals surface area contributed by atoms with E-state index in [1.165, 1.54) is 12.1 Å². The second-order valence-corrected chi connectivity index (χ2v) is 2.73. The van der Waals surface area contributed by atoms with Crippen LogP contribution in [0.25, 0.3) is 10.9 Å². The standard InChI is InChI=1S/C8H7FN2O/c1-4-2-5-7(3-6(4)9)10-11-8(5)12/h2-3H,1H3,(H2,10,11,12). The van der Waals surface area contributed by atoms with Crippen LogP contribution in [0.1, 0.15) is 5.56 Å². The lowest BCUT2D eigenvalue weighted by molar-refractivity contribution is 0.620. The fourth-order valence-electron chi connectivity index (χ4n) is 1.16. The van der Waals surface area contributed by atoms with E-state index in [4.69, 9.17) is 0 Å². The van der Waals surface area contributed by atoms with Crippen molar-refractivity contribution >= 4 is 10.9 Å². The summed E-state index contributed by atoms with van der Waals surface area (Å²) in [4.78, 5) is 11.0. The number of aromatic nitrogens is 2. The average molecular weight is 166 g/mol. The molecule has 2 N–H and O–H groups in total. The van der Waals surface area contributed by atoms with Gasteiger partial charge in [-0.05, 0) is 24.6 Å². The minimum absolute atomic E-state index is 0.215. The van der Waals surface area contributed by atoms with Crippen LogP contribution in [0, 0.1) is 12.7 Å². The molecule has 1 aromatic carbocycles. The predicted octanol–water partition coefficient (Wildman–Crippen LogP) is 1.30. The van der Waals surface area contributed by atoms with Crippen molar-refractivity contribution in [3.05, 3.63) is 33.9 Å². The first kappa shape index (κ1) is 7.09. The van der Waals surface area contributed by atoms with Crippen LogP contribution in [0.15, 0.2) is 16.9 Å². The second kappa shape index (κ2) is 2.20. The number of aromatic amines is 2. The van der Waals surface area contributed by atoms with Crippen LogP contribution in [0.4, 0.5) is 4.39 Å². The van der Waals surface area contributed by atoms with E-state index in [-0.39, 0.29) is 11.4 Å². The van der Waals surface area contributed by atoms with Crippen LogP contribution in [-0.2, 0) is 0 Å². The van der Waals surface area contributed by atoms with Crippen molar-refractivity contribution in [3.8, 4) is 0 Å². The van der Waals surface area contributed by atoms with Crippen LogP contribution < -0.4 is 5.56 Å². The summed E-state index contributed by atoms with van der Waals surface area (Å²) < 4.78 is 12.9. The molecule has 0 aliphatic rings. The van der Waals surface area contributed by atoms with Crippen LogP contribution in [-0.4, -0.2) is 10.2 Å². The van der Waals surface area contributed by atoms with E-state index in [1.54, 1.807) is 6.92 Å². The number of nitrogens with one attached hydrogen (secondary N) is 2. The molecule has 0 atom stereocenters. The van der Waals surface area contributed by atoms with Gasteiger partial charge in [0, 0.05) is 0 Å². The maximum absolute atomic E-state index is 12.9. The lowest BCUT2D eigenvalue weighted by atomic mass is 10.2. The van der Waals surface area contributed by atoms with Gasteiger partial charge in [0.1, 0.15) is 5.82 Å². The van der Waals surface area contributed by atoms with Gasteiger partial charge in [-0.15, -0.1) is 0 Å². The van der Waals surface area contributed by atoms with Gasteiger partial charge in [0.05, 0.1) is 10.9 Å². The van der Waals surface area contributed by atoms with Gasteiger partial charge in [-0.2, -0.15) is 0 Å². The molecule has 0 amide bonds. The smallest absolute Gasteiger partial charge is 0.271 e. The molecule has 0 unspecified atom stereocenters. The average Bonchev–Trinajstić information content (AvgIpc) is 2.35. The zero-order valence-corrected chi connectivity index (χ0v) is 6.44. The highest BCUT2D eigenvalue weighted by Gasteiger charge is 2.04. The third kappa shape index (κ3) is 0.845. The van der Waals surface area contributed by atoms with Gasteiger partial charge in [0.15, 0.2) is 0 Å². The molecule has 0 aliphatic heterocycles. The summed E-state index contributed by atoms with van der Waals surface area (Å²) in [5.74, 6) is -0.308. The number of rotatable bonds is 0. The molecule has 3 nitrogen and oxygen atoms in total. The molecule has 2 rings (SSSR count). The fraction of sp³-hybridized carbons (Fsp3) is 0.125. The Kier molecular flexibility index (Phi) is 1.30. The summed E-state index contributed by atoms with van der Waals surface area (Å²) in [7, 11) is 0. The van der Waals surface area contributed by atoms with Gasteiger partial charge in [0.25, 0.3) is 5.56 Å². The van der Waals surface area contributed by atoms with Crippen LogP contribution in [0.3, 0.4) is 0 Å². The molecule has 4 heteroatoms. The first-order valence-corrected chi connectivity index (χ1v) is 3.55. The zero-order chi connectivity index (χ0) is 8.72. The molecule has 0 saturated heterocycles. The van der Waals surface area contributed by atoms with E-state index in [2.05, 4.69) is 10.2 Å². The molecule has 0 bridgehead atoms. The third-order valence-corrected chi connectivity index (χ3v) is 1.85. The minimum Gasteiger partial charge on any atom is -0.297 e.